The maximum Gasteiger partial charge on any atom is 0.408 e. The molecule has 6 heteroatoms. The summed E-state index contributed by atoms with van der Waals surface area (Å²) in [7, 11) is 0. The van der Waals surface area contributed by atoms with Crippen LogP contribution in [0.1, 0.15) is 83.8 Å². The summed E-state index contributed by atoms with van der Waals surface area (Å²) < 4.78 is 6.38. The lowest BCUT2D eigenvalue weighted by molar-refractivity contribution is -0.0697. The number of ether oxygens (including phenoxy) is 1. The highest BCUT2D eigenvalue weighted by atomic mass is 127. The third kappa shape index (κ3) is 11.8. The molecule has 0 saturated heterocycles. The van der Waals surface area contributed by atoms with Crippen molar-refractivity contribution in [1.29, 1.82) is 0 Å². The zero-order valence-corrected chi connectivity index (χ0v) is 20.5. The molecule has 0 aliphatic rings. The third-order valence-electron chi connectivity index (χ3n) is 4.72. The van der Waals surface area contributed by atoms with Crippen LogP contribution in [0.2, 0.25) is 0 Å². The number of aliphatic hydroxyl groups is 2. The predicted octanol–water partition coefficient (Wildman–Crippen LogP) is 5.33. The number of aryl methyl sites for hydroxylation is 2. The van der Waals surface area contributed by atoms with Crippen LogP contribution in [0, 0.1) is 3.57 Å². The normalized spacial score (nSPS) is 12.8. The molecule has 0 bridgehead atoms. The van der Waals surface area contributed by atoms with Gasteiger partial charge in [0.2, 0.25) is 0 Å². The average Bonchev–Trinajstić information content (AvgIpc) is 2.61. The van der Waals surface area contributed by atoms with Crippen LogP contribution >= 0.6 is 22.6 Å². The molecule has 1 atom stereocenters. The average molecular weight is 519 g/mol. The Hall–Kier alpha value is -0.860. The maximum absolute atomic E-state index is 11.9. The van der Waals surface area contributed by atoms with Crippen LogP contribution in [0.25, 0.3) is 0 Å². The number of aliphatic hydroxyl groups excluding tert-OH is 1. The lowest BCUT2D eigenvalue weighted by Gasteiger charge is -2.24. The molecule has 1 unspecified atom stereocenters. The quantitative estimate of drug-likeness (QED) is 0.198. The fraction of sp³-hybridized carbons (Fsp3) is 0.696. The van der Waals surface area contributed by atoms with E-state index < -0.39 is 24.0 Å². The van der Waals surface area contributed by atoms with Crippen molar-refractivity contribution in [3.05, 3.63) is 32.9 Å². The largest absolute Gasteiger partial charge is 0.444 e. The van der Waals surface area contributed by atoms with Gasteiger partial charge in [0.1, 0.15) is 5.60 Å². The van der Waals surface area contributed by atoms with E-state index in [9.17, 15) is 15.0 Å². The summed E-state index contributed by atoms with van der Waals surface area (Å²) in [5, 5.41) is 21.8. The number of carbonyl (C=O) groups is 1. The van der Waals surface area contributed by atoms with Crippen LogP contribution in [0.4, 0.5) is 4.79 Å². The van der Waals surface area contributed by atoms with Crippen molar-refractivity contribution in [1.82, 2.24) is 5.32 Å². The maximum atomic E-state index is 11.9. The molecule has 1 amide bonds. The Morgan fingerprint density at radius 1 is 1.10 bits per heavy atom. The highest BCUT2D eigenvalue weighted by Crippen LogP contribution is 2.19. The van der Waals surface area contributed by atoms with Gasteiger partial charge in [0, 0.05) is 3.57 Å². The van der Waals surface area contributed by atoms with Gasteiger partial charge >= 0.3 is 6.09 Å². The number of amides is 1. The van der Waals surface area contributed by atoms with E-state index in [0.717, 1.165) is 12.0 Å². The molecule has 29 heavy (non-hydrogen) atoms. The number of hydrogen-bond acceptors (Lipinski definition) is 4. The topological polar surface area (TPSA) is 78.8 Å². The number of unbranched alkanes of at least 4 members (excludes halogenated alkanes) is 5. The zero-order valence-electron chi connectivity index (χ0n) is 18.3. The summed E-state index contributed by atoms with van der Waals surface area (Å²) in [5.74, 6) is 0. The molecule has 1 rings (SSSR count). The molecule has 0 spiro atoms. The van der Waals surface area contributed by atoms with Crippen molar-refractivity contribution in [3.63, 3.8) is 0 Å². The number of halogens is 1. The monoisotopic (exact) mass is 519 g/mol. The first kappa shape index (κ1) is 26.2. The second-order valence-electron chi connectivity index (χ2n) is 8.65. The Labute approximate surface area is 189 Å². The van der Waals surface area contributed by atoms with Crippen LogP contribution in [0.15, 0.2) is 18.2 Å². The summed E-state index contributed by atoms with van der Waals surface area (Å²) in [4.78, 5) is 11.9. The fourth-order valence-electron chi connectivity index (χ4n) is 3.12. The molecular weight excluding hydrogens is 481 g/mol. The summed E-state index contributed by atoms with van der Waals surface area (Å²) in [6.07, 6.45) is 7.66. The minimum absolute atomic E-state index is 0.420. The molecule has 0 aliphatic heterocycles. The zero-order chi connectivity index (χ0) is 21.9. The van der Waals surface area contributed by atoms with E-state index in [2.05, 4.69) is 53.0 Å². The van der Waals surface area contributed by atoms with Crippen LogP contribution in [-0.2, 0) is 17.6 Å². The molecule has 0 saturated carbocycles. The van der Waals surface area contributed by atoms with Crippen LogP contribution in [-0.4, -0.2) is 34.2 Å². The van der Waals surface area contributed by atoms with Gasteiger partial charge < -0.3 is 20.3 Å². The highest BCUT2D eigenvalue weighted by molar-refractivity contribution is 14.1. The van der Waals surface area contributed by atoms with Gasteiger partial charge in [0.15, 0.2) is 6.29 Å². The smallest absolute Gasteiger partial charge is 0.408 e. The SMILES string of the molecule is CCCCCCCCc1ccc(CCC(NC(=O)OC(C)(C)C)C(O)O)c(I)c1. The Bertz CT molecular complexity index is 613. The number of hydrogen-bond donors (Lipinski definition) is 3. The molecule has 0 radical (unpaired) electrons. The van der Waals surface area contributed by atoms with Gasteiger partial charge in [-0.1, -0.05) is 51.2 Å². The van der Waals surface area contributed by atoms with E-state index in [1.54, 1.807) is 20.8 Å². The van der Waals surface area contributed by atoms with Gasteiger partial charge in [-0.25, -0.2) is 4.79 Å². The van der Waals surface area contributed by atoms with Crippen LogP contribution < -0.4 is 5.32 Å². The standard InChI is InChI=1S/C23H38INO4/c1-5-6-7-8-9-10-11-17-12-13-18(19(24)16-17)14-15-20(21(26)27)25-22(28)29-23(2,3)4/h12-13,16,20-21,26-27H,5-11,14-15H2,1-4H3,(H,25,28). The van der Waals surface area contributed by atoms with E-state index in [1.807, 2.05) is 0 Å². The van der Waals surface area contributed by atoms with Crippen molar-refractivity contribution in [2.75, 3.05) is 0 Å². The minimum Gasteiger partial charge on any atom is -0.444 e. The van der Waals surface area contributed by atoms with Crippen molar-refractivity contribution >= 4 is 28.7 Å². The van der Waals surface area contributed by atoms with Crippen molar-refractivity contribution in [2.24, 2.45) is 0 Å². The fourth-order valence-corrected chi connectivity index (χ4v) is 3.97. The molecule has 1 aromatic carbocycles. The van der Waals surface area contributed by atoms with Gasteiger partial charge in [0.05, 0.1) is 6.04 Å². The van der Waals surface area contributed by atoms with Gasteiger partial charge in [-0.15, -0.1) is 0 Å². The molecule has 0 heterocycles. The molecule has 0 fully saturated rings. The third-order valence-corrected chi connectivity index (χ3v) is 5.73. The second-order valence-corrected chi connectivity index (χ2v) is 9.81. The first-order valence-corrected chi connectivity index (χ1v) is 11.8. The Morgan fingerprint density at radius 3 is 2.34 bits per heavy atom. The van der Waals surface area contributed by atoms with Crippen molar-refractivity contribution in [3.8, 4) is 0 Å². The summed E-state index contributed by atoms with van der Waals surface area (Å²) in [6.45, 7) is 7.55. The number of benzene rings is 1. The number of alkyl carbamates (subject to hydrolysis) is 1. The van der Waals surface area contributed by atoms with Crippen LogP contribution in [0.3, 0.4) is 0 Å². The predicted molar refractivity (Wildman–Crippen MR) is 126 cm³/mol. The molecule has 0 aliphatic carbocycles. The molecule has 0 aromatic heterocycles. The van der Waals surface area contributed by atoms with Gasteiger partial charge in [-0.3, -0.25) is 0 Å². The molecular formula is C23H38INO4. The van der Waals surface area contributed by atoms with Gasteiger partial charge in [0.25, 0.3) is 0 Å². The van der Waals surface area contributed by atoms with E-state index in [1.165, 1.54) is 47.7 Å². The van der Waals surface area contributed by atoms with E-state index in [4.69, 9.17) is 4.74 Å². The van der Waals surface area contributed by atoms with Crippen LogP contribution in [0.5, 0.6) is 0 Å². The van der Waals surface area contributed by atoms with Crippen molar-refractivity contribution < 1.29 is 19.7 Å². The minimum atomic E-state index is -1.63. The van der Waals surface area contributed by atoms with Gasteiger partial charge in [-0.2, -0.15) is 0 Å². The summed E-state index contributed by atoms with van der Waals surface area (Å²) in [6, 6.07) is 5.72. The molecule has 3 N–H and O–H groups in total. The van der Waals surface area contributed by atoms with E-state index in [-0.39, 0.29) is 0 Å². The number of carbonyl (C=O) groups excluding carboxylic acids is 1. The molecule has 5 nitrogen and oxygen atoms in total. The second kappa shape index (κ2) is 13.4. The molecule has 166 valence electrons. The van der Waals surface area contributed by atoms with Gasteiger partial charge in [-0.05, 0) is 86.2 Å². The Kier molecular flexibility index (Phi) is 12.1. The summed E-state index contributed by atoms with van der Waals surface area (Å²) in [5.41, 5.74) is 1.86. The van der Waals surface area contributed by atoms with Crippen molar-refractivity contribution in [2.45, 2.75) is 103 Å². The number of nitrogens with one attached hydrogen (secondary N) is 1. The first-order valence-electron chi connectivity index (χ1n) is 10.8. The first-order chi connectivity index (χ1) is 13.6. The summed E-state index contributed by atoms with van der Waals surface area (Å²) >= 11 is 2.34. The molecule has 1 aromatic rings. The lowest BCUT2D eigenvalue weighted by atomic mass is 10.0. The number of rotatable bonds is 12. The van der Waals surface area contributed by atoms with E-state index >= 15 is 0 Å². The van der Waals surface area contributed by atoms with E-state index in [0.29, 0.717) is 12.8 Å². The Balaban J connectivity index is 2.51. The lowest BCUT2D eigenvalue weighted by Crippen LogP contribution is -2.45. The Morgan fingerprint density at radius 2 is 1.76 bits per heavy atom. The highest BCUT2D eigenvalue weighted by Gasteiger charge is 2.23.